The van der Waals surface area contributed by atoms with Crippen LogP contribution in [0.4, 0.5) is 0 Å². The summed E-state index contributed by atoms with van der Waals surface area (Å²) in [4.78, 5) is 25.5. The molecule has 0 atom stereocenters. The summed E-state index contributed by atoms with van der Waals surface area (Å²) >= 11 is 0. The Hall–Kier alpha value is 0.496. The number of hydrogen-bond donors (Lipinski definition) is 1. The molecule has 7 heteroatoms. The number of rotatable bonds is 4. The average molecular weight is 297 g/mol. The van der Waals surface area contributed by atoms with Crippen molar-refractivity contribution in [1.82, 2.24) is 15.1 Å². The van der Waals surface area contributed by atoms with Crippen LogP contribution in [0.25, 0.3) is 0 Å². The van der Waals surface area contributed by atoms with E-state index in [1.807, 2.05) is 13.8 Å². The number of carbonyl (C=O) groups excluding carboxylic acids is 2. The minimum Gasteiger partial charge on any atom is -0.848 e. The summed E-state index contributed by atoms with van der Waals surface area (Å²) in [6.45, 7) is 9.01. The molecule has 0 unspecified atom stereocenters. The van der Waals surface area contributed by atoms with E-state index in [9.17, 15) is 14.7 Å². The number of amides is 2. The predicted molar refractivity (Wildman–Crippen MR) is 67.9 cm³/mol. The summed E-state index contributed by atoms with van der Waals surface area (Å²) in [5.41, 5.74) is 0. The number of piperazine rings is 1. The minimum absolute atomic E-state index is 0. The van der Waals surface area contributed by atoms with Crippen LogP contribution < -0.4 is 61.8 Å². The van der Waals surface area contributed by atoms with Crippen LogP contribution in [-0.2, 0) is 9.59 Å². The molecular formula is C12H24KN3O3. The van der Waals surface area contributed by atoms with E-state index < -0.39 is 6.61 Å². The van der Waals surface area contributed by atoms with Crippen molar-refractivity contribution in [3.63, 3.8) is 0 Å². The molecule has 1 saturated heterocycles. The second kappa shape index (κ2) is 13.5. The molecule has 0 spiro atoms. The van der Waals surface area contributed by atoms with E-state index in [4.69, 9.17) is 0 Å². The van der Waals surface area contributed by atoms with Crippen LogP contribution in [0.15, 0.2) is 0 Å². The van der Waals surface area contributed by atoms with Gasteiger partial charge in [0, 0.05) is 46.2 Å². The van der Waals surface area contributed by atoms with Crippen molar-refractivity contribution in [1.29, 1.82) is 0 Å². The summed E-state index contributed by atoms with van der Waals surface area (Å²) in [6, 6.07) is 0. The molecule has 1 N–H and O–H groups in total. The van der Waals surface area contributed by atoms with Crippen molar-refractivity contribution in [2.75, 3.05) is 45.9 Å². The SMILES string of the molecule is CC.CC(=O)NCCN1CCN(C(=O)C[O-])CC1.[K+]. The Morgan fingerprint density at radius 3 is 2.11 bits per heavy atom. The van der Waals surface area contributed by atoms with Crippen LogP contribution in [-0.4, -0.2) is 67.5 Å². The van der Waals surface area contributed by atoms with Gasteiger partial charge in [0.25, 0.3) is 0 Å². The van der Waals surface area contributed by atoms with Crippen LogP contribution in [0.5, 0.6) is 0 Å². The van der Waals surface area contributed by atoms with Crippen LogP contribution in [0, 0.1) is 0 Å². The number of carbonyl (C=O) groups is 2. The van der Waals surface area contributed by atoms with Crippen molar-refractivity contribution >= 4 is 11.8 Å². The Morgan fingerprint density at radius 1 is 1.16 bits per heavy atom. The molecule has 0 aromatic rings. The monoisotopic (exact) mass is 297 g/mol. The third-order valence-corrected chi connectivity index (χ3v) is 2.65. The summed E-state index contributed by atoms with van der Waals surface area (Å²) in [7, 11) is 0. The van der Waals surface area contributed by atoms with E-state index in [2.05, 4.69) is 10.2 Å². The molecule has 1 aliphatic heterocycles. The van der Waals surface area contributed by atoms with Gasteiger partial charge >= 0.3 is 51.4 Å². The van der Waals surface area contributed by atoms with E-state index >= 15 is 0 Å². The fourth-order valence-corrected chi connectivity index (χ4v) is 1.70. The van der Waals surface area contributed by atoms with E-state index in [1.165, 1.54) is 6.92 Å². The van der Waals surface area contributed by atoms with Crippen LogP contribution in [0.3, 0.4) is 0 Å². The van der Waals surface area contributed by atoms with E-state index in [-0.39, 0.29) is 63.2 Å². The number of nitrogens with zero attached hydrogens (tertiary/aromatic N) is 2. The Balaban J connectivity index is 0. The summed E-state index contributed by atoms with van der Waals surface area (Å²) in [6.07, 6.45) is 0. The van der Waals surface area contributed by atoms with Crippen molar-refractivity contribution in [2.45, 2.75) is 20.8 Å². The maximum atomic E-state index is 11.1. The van der Waals surface area contributed by atoms with Crippen LogP contribution in [0.2, 0.25) is 0 Å². The second-order valence-electron chi connectivity index (χ2n) is 3.85. The van der Waals surface area contributed by atoms with Crippen LogP contribution >= 0.6 is 0 Å². The first-order valence-electron chi connectivity index (χ1n) is 6.46. The molecular weight excluding hydrogens is 273 g/mol. The average Bonchev–Trinajstić information content (AvgIpc) is 2.40. The summed E-state index contributed by atoms with van der Waals surface area (Å²) in [5.74, 6) is -0.346. The molecule has 6 nitrogen and oxygen atoms in total. The van der Waals surface area contributed by atoms with Gasteiger partial charge in [0.15, 0.2) is 0 Å². The first-order valence-corrected chi connectivity index (χ1v) is 6.46. The number of hydrogen-bond acceptors (Lipinski definition) is 4. The Labute approximate surface area is 158 Å². The van der Waals surface area contributed by atoms with Gasteiger partial charge < -0.3 is 15.3 Å². The molecule has 19 heavy (non-hydrogen) atoms. The van der Waals surface area contributed by atoms with E-state index in [0.29, 0.717) is 19.6 Å². The van der Waals surface area contributed by atoms with Gasteiger partial charge in [0.1, 0.15) is 0 Å². The minimum atomic E-state index is -0.661. The fraction of sp³-hybridized carbons (Fsp3) is 0.833. The molecule has 0 aromatic heterocycles. The maximum Gasteiger partial charge on any atom is 1.00 e. The standard InChI is InChI=1S/C10H18N3O3.C2H6.K/c1-9(15)11-2-3-12-4-6-13(7-5-12)10(16)8-14;1-2;/h2-8H2,1H3,(H,11,15);1-2H3;/q-1;;+1. The Bertz CT molecular complexity index is 257. The van der Waals surface area contributed by atoms with Gasteiger partial charge in [0.05, 0.1) is 0 Å². The van der Waals surface area contributed by atoms with Gasteiger partial charge in [-0.15, -0.1) is 0 Å². The van der Waals surface area contributed by atoms with Crippen molar-refractivity contribution < 1.29 is 66.1 Å². The zero-order chi connectivity index (χ0) is 14.0. The second-order valence-corrected chi connectivity index (χ2v) is 3.85. The molecule has 2 amide bonds. The smallest absolute Gasteiger partial charge is 0.848 e. The molecule has 1 heterocycles. The van der Waals surface area contributed by atoms with Gasteiger partial charge in [-0.3, -0.25) is 14.5 Å². The van der Waals surface area contributed by atoms with Crippen LogP contribution in [0.1, 0.15) is 20.8 Å². The molecule has 0 aliphatic carbocycles. The van der Waals surface area contributed by atoms with Gasteiger partial charge in [-0.25, -0.2) is 0 Å². The van der Waals surface area contributed by atoms with Gasteiger partial charge in [-0.05, 0) is 0 Å². The normalized spacial score (nSPS) is 14.8. The Morgan fingerprint density at radius 2 is 1.68 bits per heavy atom. The molecule has 0 radical (unpaired) electrons. The first-order chi connectivity index (χ1) is 8.63. The zero-order valence-electron chi connectivity index (χ0n) is 12.6. The molecule has 0 bridgehead atoms. The fourth-order valence-electron chi connectivity index (χ4n) is 1.70. The van der Waals surface area contributed by atoms with E-state index in [1.54, 1.807) is 4.90 Å². The maximum absolute atomic E-state index is 11.1. The van der Waals surface area contributed by atoms with E-state index in [0.717, 1.165) is 19.6 Å². The largest absolute Gasteiger partial charge is 1.00 e. The molecule has 1 rings (SSSR count). The quantitative estimate of drug-likeness (QED) is 0.532. The number of nitrogens with one attached hydrogen (secondary N) is 1. The van der Waals surface area contributed by atoms with Gasteiger partial charge in [0.2, 0.25) is 11.8 Å². The third kappa shape index (κ3) is 9.95. The summed E-state index contributed by atoms with van der Waals surface area (Å²) < 4.78 is 0. The molecule has 106 valence electrons. The summed E-state index contributed by atoms with van der Waals surface area (Å²) in [5, 5.41) is 13.1. The zero-order valence-corrected chi connectivity index (χ0v) is 15.7. The van der Waals surface area contributed by atoms with Crippen molar-refractivity contribution in [3.05, 3.63) is 0 Å². The van der Waals surface area contributed by atoms with Crippen molar-refractivity contribution in [2.24, 2.45) is 0 Å². The van der Waals surface area contributed by atoms with Gasteiger partial charge in [-0.2, -0.15) is 0 Å². The molecule has 0 saturated carbocycles. The predicted octanol–water partition coefficient (Wildman–Crippen LogP) is -4.34. The molecule has 1 fully saturated rings. The first kappa shape index (κ1) is 21.8. The molecule has 0 aromatic carbocycles. The third-order valence-electron chi connectivity index (χ3n) is 2.65. The van der Waals surface area contributed by atoms with Gasteiger partial charge in [-0.1, -0.05) is 20.5 Å². The topological polar surface area (TPSA) is 75.7 Å². The van der Waals surface area contributed by atoms with Crippen molar-refractivity contribution in [3.8, 4) is 0 Å². The molecule has 1 aliphatic rings. The Kier molecular flexibility index (Phi) is 15.5.